The van der Waals surface area contributed by atoms with E-state index in [1.807, 2.05) is 6.07 Å². The topological polar surface area (TPSA) is 33.0 Å². The lowest BCUT2D eigenvalue weighted by Crippen LogP contribution is -1.98. The lowest BCUT2D eigenvalue weighted by atomic mass is 10.3. The first-order valence-corrected chi connectivity index (χ1v) is 2.44. The van der Waals surface area contributed by atoms with Crippen LogP contribution in [0.25, 0.3) is 0 Å². The van der Waals surface area contributed by atoms with Crippen LogP contribution in [0, 0.1) is 11.3 Å². The van der Waals surface area contributed by atoms with Crippen LogP contribution in [0.2, 0.25) is 0 Å². The van der Waals surface area contributed by atoms with Gasteiger partial charge in [0.05, 0.1) is 6.07 Å². The molecule has 0 aliphatic carbocycles. The molecule has 1 saturated heterocycles. The predicted molar refractivity (Wildman–Crippen MR) is 31.8 cm³/mol. The minimum absolute atomic E-state index is 0. The molecule has 0 aromatic carbocycles. The van der Waals surface area contributed by atoms with E-state index in [1.165, 1.54) is 0 Å². The second-order valence-corrected chi connectivity index (χ2v) is 1.63. The molecular formula is C5H8ClNO. The molecule has 1 rings (SSSR count). The predicted octanol–water partition coefficient (Wildman–Crippen LogP) is 1.11. The van der Waals surface area contributed by atoms with Crippen molar-refractivity contribution >= 4 is 12.4 Å². The molecule has 0 N–H and O–H groups in total. The molecule has 0 radical (unpaired) electrons. The lowest BCUT2D eigenvalue weighted by molar-refractivity contribution is 0.150. The summed E-state index contributed by atoms with van der Waals surface area (Å²) in [7, 11) is 0. The third-order valence-corrected chi connectivity index (χ3v) is 1.07. The average molecular weight is 134 g/mol. The Balaban J connectivity index is 0.000000490. The number of hydrogen-bond donors (Lipinski definition) is 0. The molecule has 0 aromatic rings. The Bertz CT molecular complexity index is 93.1. The number of ether oxygens (including phenoxy) is 1. The zero-order valence-corrected chi connectivity index (χ0v) is 5.28. The summed E-state index contributed by atoms with van der Waals surface area (Å²) in [6.07, 6.45) is 1.88. The monoisotopic (exact) mass is 133 g/mol. The van der Waals surface area contributed by atoms with Gasteiger partial charge in [0.25, 0.3) is 0 Å². The van der Waals surface area contributed by atoms with Crippen molar-refractivity contribution < 1.29 is 4.74 Å². The highest BCUT2D eigenvalue weighted by molar-refractivity contribution is 5.85. The van der Waals surface area contributed by atoms with Gasteiger partial charge in [-0.3, -0.25) is 0 Å². The summed E-state index contributed by atoms with van der Waals surface area (Å²) in [6.45, 7) is 0.776. The lowest BCUT2D eigenvalue weighted by Gasteiger charge is -1.91. The minimum atomic E-state index is -0.0972. The zero-order chi connectivity index (χ0) is 5.11. The standard InChI is InChI=1S/C5H7NO.ClH/c6-4-5-2-1-3-7-5;/h5H,1-3H2;1H. The fourth-order valence-corrected chi connectivity index (χ4v) is 0.679. The molecular weight excluding hydrogens is 126 g/mol. The second kappa shape index (κ2) is 3.71. The summed E-state index contributed by atoms with van der Waals surface area (Å²) in [5.41, 5.74) is 0. The van der Waals surface area contributed by atoms with Gasteiger partial charge < -0.3 is 4.74 Å². The zero-order valence-electron chi connectivity index (χ0n) is 4.46. The molecule has 0 aromatic heterocycles. The highest BCUT2D eigenvalue weighted by atomic mass is 35.5. The summed E-state index contributed by atoms with van der Waals surface area (Å²) in [6, 6.07) is 2.04. The van der Waals surface area contributed by atoms with E-state index in [4.69, 9.17) is 10.00 Å². The van der Waals surface area contributed by atoms with Gasteiger partial charge in [0.2, 0.25) is 0 Å². The van der Waals surface area contributed by atoms with Crippen molar-refractivity contribution in [1.29, 1.82) is 5.26 Å². The summed E-state index contributed by atoms with van der Waals surface area (Å²) in [5, 5.41) is 8.19. The Hall–Kier alpha value is -0.260. The Morgan fingerprint density at radius 2 is 2.38 bits per heavy atom. The maximum Gasteiger partial charge on any atom is 0.144 e. The largest absolute Gasteiger partial charge is 0.363 e. The van der Waals surface area contributed by atoms with E-state index in [1.54, 1.807) is 0 Å². The van der Waals surface area contributed by atoms with Crippen molar-refractivity contribution in [1.82, 2.24) is 0 Å². The molecule has 1 aliphatic rings. The van der Waals surface area contributed by atoms with Gasteiger partial charge in [-0.1, -0.05) is 0 Å². The van der Waals surface area contributed by atoms with Crippen LogP contribution in [0.5, 0.6) is 0 Å². The Kier molecular flexibility index (Phi) is 3.59. The van der Waals surface area contributed by atoms with Crippen LogP contribution in [0.3, 0.4) is 0 Å². The highest BCUT2D eigenvalue weighted by Gasteiger charge is 2.12. The van der Waals surface area contributed by atoms with E-state index >= 15 is 0 Å². The smallest absolute Gasteiger partial charge is 0.144 e. The molecule has 1 heterocycles. The number of nitriles is 1. The van der Waals surface area contributed by atoms with Crippen LogP contribution < -0.4 is 0 Å². The third kappa shape index (κ3) is 1.69. The molecule has 2 nitrogen and oxygen atoms in total. The second-order valence-electron chi connectivity index (χ2n) is 1.63. The Morgan fingerprint density at radius 3 is 2.62 bits per heavy atom. The van der Waals surface area contributed by atoms with Gasteiger partial charge >= 0.3 is 0 Å². The Labute approximate surface area is 54.9 Å². The first kappa shape index (κ1) is 7.74. The molecule has 1 atom stereocenters. The van der Waals surface area contributed by atoms with Crippen LogP contribution in [0.15, 0.2) is 0 Å². The van der Waals surface area contributed by atoms with Gasteiger partial charge in [0.15, 0.2) is 0 Å². The van der Waals surface area contributed by atoms with Crippen molar-refractivity contribution in [3.05, 3.63) is 0 Å². The normalized spacial score (nSPS) is 26.1. The molecule has 0 saturated carbocycles. The fourth-order valence-electron chi connectivity index (χ4n) is 0.679. The summed E-state index contributed by atoms with van der Waals surface area (Å²) >= 11 is 0. The molecule has 1 unspecified atom stereocenters. The molecule has 3 heteroatoms. The van der Waals surface area contributed by atoms with Gasteiger partial charge in [-0.15, -0.1) is 12.4 Å². The summed E-state index contributed by atoms with van der Waals surface area (Å²) < 4.78 is 4.94. The summed E-state index contributed by atoms with van der Waals surface area (Å²) in [4.78, 5) is 0. The van der Waals surface area contributed by atoms with Gasteiger partial charge in [0.1, 0.15) is 6.10 Å². The van der Waals surface area contributed by atoms with Crippen LogP contribution in [0.4, 0.5) is 0 Å². The van der Waals surface area contributed by atoms with Crippen molar-refractivity contribution in [3.8, 4) is 6.07 Å². The van der Waals surface area contributed by atoms with Crippen molar-refractivity contribution in [2.24, 2.45) is 0 Å². The van der Waals surface area contributed by atoms with Crippen molar-refractivity contribution in [3.63, 3.8) is 0 Å². The number of rotatable bonds is 0. The van der Waals surface area contributed by atoms with E-state index in [0.29, 0.717) is 0 Å². The highest BCUT2D eigenvalue weighted by Crippen LogP contribution is 2.09. The minimum Gasteiger partial charge on any atom is -0.363 e. The number of hydrogen-bond acceptors (Lipinski definition) is 2. The molecule has 0 spiro atoms. The van der Waals surface area contributed by atoms with Crippen molar-refractivity contribution in [2.45, 2.75) is 18.9 Å². The molecule has 1 aliphatic heterocycles. The molecule has 46 valence electrons. The number of nitrogens with zero attached hydrogens (tertiary/aromatic N) is 1. The van der Waals surface area contributed by atoms with Gasteiger partial charge in [0, 0.05) is 6.61 Å². The van der Waals surface area contributed by atoms with Gasteiger partial charge in [-0.25, -0.2) is 0 Å². The van der Waals surface area contributed by atoms with Crippen LogP contribution in [0.1, 0.15) is 12.8 Å². The maximum absolute atomic E-state index is 8.19. The Morgan fingerprint density at radius 1 is 1.62 bits per heavy atom. The van der Waals surface area contributed by atoms with E-state index < -0.39 is 0 Å². The average Bonchev–Trinajstić information content (AvgIpc) is 2.14. The van der Waals surface area contributed by atoms with Gasteiger partial charge in [-0.05, 0) is 12.8 Å². The first-order valence-electron chi connectivity index (χ1n) is 2.44. The summed E-state index contributed by atoms with van der Waals surface area (Å²) in [5.74, 6) is 0. The molecule has 0 bridgehead atoms. The van der Waals surface area contributed by atoms with Crippen LogP contribution in [-0.4, -0.2) is 12.7 Å². The van der Waals surface area contributed by atoms with E-state index in [2.05, 4.69) is 0 Å². The molecule has 1 fully saturated rings. The number of halogens is 1. The third-order valence-electron chi connectivity index (χ3n) is 1.07. The van der Waals surface area contributed by atoms with Crippen LogP contribution >= 0.6 is 12.4 Å². The fraction of sp³-hybridized carbons (Fsp3) is 0.800. The van der Waals surface area contributed by atoms with Crippen LogP contribution in [-0.2, 0) is 4.74 Å². The maximum atomic E-state index is 8.19. The SMILES string of the molecule is Cl.N#CC1CCCO1. The van der Waals surface area contributed by atoms with E-state index in [9.17, 15) is 0 Å². The van der Waals surface area contributed by atoms with Gasteiger partial charge in [-0.2, -0.15) is 5.26 Å². The first-order chi connectivity index (χ1) is 3.43. The molecule has 8 heavy (non-hydrogen) atoms. The quantitative estimate of drug-likeness (QED) is 0.496. The van der Waals surface area contributed by atoms with Crippen molar-refractivity contribution in [2.75, 3.05) is 6.61 Å². The van der Waals surface area contributed by atoms with E-state index in [0.717, 1.165) is 19.4 Å². The van der Waals surface area contributed by atoms with E-state index in [-0.39, 0.29) is 18.5 Å². The molecule has 0 amide bonds.